The fourth-order valence-corrected chi connectivity index (χ4v) is 6.33. The molecular formula is C42H81NO8P+. The van der Waals surface area contributed by atoms with Gasteiger partial charge in [0.25, 0.3) is 0 Å². The van der Waals surface area contributed by atoms with Crippen molar-refractivity contribution in [1.82, 2.24) is 0 Å². The first kappa shape index (κ1) is 50.5. The van der Waals surface area contributed by atoms with Gasteiger partial charge in [0.05, 0.1) is 27.7 Å². The van der Waals surface area contributed by atoms with Crippen molar-refractivity contribution >= 4 is 19.8 Å². The summed E-state index contributed by atoms with van der Waals surface area (Å²) in [4.78, 5) is 35.3. The van der Waals surface area contributed by atoms with E-state index in [0.717, 1.165) is 70.6 Å². The molecule has 0 amide bonds. The number of carbonyl (C=O) groups excluding carboxylic acids is 2. The van der Waals surface area contributed by atoms with Gasteiger partial charge in [0, 0.05) is 12.8 Å². The van der Waals surface area contributed by atoms with Crippen molar-refractivity contribution in [2.75, 3.05) is 47.5 Å². The highest BCUT2D eigenvalue weighted by Gasteiger charge is 2.27. The van der Waals surface area contributed by atoms with Gasteiger partial charge in [-0.25, -0.2) is 4.57 Å². The minimum atomic E-state index is -4.37. The van der Waals surface area contributed by atoms with E-state index in [9.17, 15) is 19.0 Å². The molecule has 1 N–H and O–H groups in total. The largest absolute Gasteiger partial charge is 0.472 e. The van der Waals surface area contributed by atoms with Gasteiger partial charge in [-0.15, -0.1) is 0 Å². The molecule has 0 bridgehead atoms. The van der Waals surface area contributed by atoms with Crippen LogP contribution in [0.3, 0.4) is 0 Å². The molecule has 2 atom stereocenters. The van der Waals surface area contributed by atoms with Crippen molar-refractivity contribution in [2.24, 2.45) is 0 Å². The van der Waals surface area contributed by atoms with Crippen LogP contribution >= 0.6 is 7.82 Å². The number of hydrogen-bond acceptors (Lipinski definition) is 7. The molecule has 10 heteroatoms. The highest BCUT2D eigenvalue weighted by Crippen LogP contribution is 2.43. The minimum absolute atomic E-state index is 0.0298. The van der Waals surface area contributed by atoms with Crippen LogP contribution in [0.5, 0.6) is 0 Å². The van der Waals surface area contributed by atoms with E-state index in [-0.39, 0.29) is 32.0 Å². The van der Waals surface area contributed by atoms with Gasteiger partial charge >= 0.3 is 19.8 Å². The average Bonchev–Trinajstić information content (AvgIpc) is 3.09. The second kappa shape index (κ2) is 35.2. The number of likely N-dealkylation sites (N-methyl/N-ethyl adjacent to an activating group) is 1. The number of nitrogens with zero attached hydrogens (tertiary/aromatic N) is 1. The number of phosphoric ester groups is 1. The van der Waals surface area contributed by atoms with E-state index in [1.54, 1.807) is 0 Å². The molecule has 0 rings (SSSR count). The molecule has 0 aromatic rings. The third-order valence-corrected chi connectivity index (χ3v) is 9.94. The zero-order chi connectivity index (χ0) is 38.6. The predicted octanol–water partition coefficient (Wildman–Crippen LogP) is 11.6. The molecule has 52 heavy (non-hydrogen) atoms. The summed E-state index contributed by atoms with van der Waals surface area (Å²) in [6.07, 6.45) is 36.5. The fraction of sp³-hybridized carbons (Fsp3) is 0.857. The van der Waals surface area contributed by atoms with Crippen LogP contribution in [0.4, 0.5) is 0 Å². The second-order valence-electron chi connectivity index (χ2n) is 15.4. The summed E-state index contributed by atoms with van der Waals surface area (Å²) in [6, 6.07) is 0. The quantitative estimate of drug-likeness (QED) is 0.0218. The maximum Gasteiger partial charge on any atom is 0.472 e. The third kappa shape index (κ3) is 38.2. The summed E-state index contributed by atoms with van der Waals surface area (Å²) >= 11 is 0. The molecule has 0 aliphatic rings. The molecule has 0 fully saturated rings. The van der Waals surface area contributed by atoms with E-state index in [2.05, 4.69) is 38.2 Å². The van der Waals surface area contributed by atoms with Crippen molar-refractivity contribution in [2.45, 2.75) is 187 Å². The van der Waals surface area contributed by atoms with Gasteiger partial charge in [-0.1, -0.05) is 128 Å². The molecule has 306 valence electrons. The number of carbonyl (C=O) groups is 2. The van der Waals surface area contributed by atoms with Gasteiger partial charge in [0.1, 0.15) is 19.8 Å². The van der Waals surface area contributed by atoms with E-state index < -0.39 is 26.5 Å². The first-order valence-corrected chi connectivity index (χ1v) is 22.6. The average molecular weight is 759 g/mol. The Kier molecular flexibility index (Phi) is 34.2. The number of esters is 2. The number of rotatable bonds is 38. The lowest BCUT2D eigenvalue weighted by atomic mass is 10.1. The molecule has 0 heterocycles. The van der Waals surface area contributed by atoms with Crippen molar-refractivity contribution in [3.05, 3.63) is 24.3 Å². The Balaban J connectivity index is 4.41. The summed E-state index contributed by atoms with van der Waals surface area (Å²) in [6.45, 7) is 4.38. The number of ether oxygens (including phenoxy) is 2. The molecule has 0 aliphatic heterocycles. The molecule has 0 saturated heterocycles. The third-order valence-electron chi connectivity index (χ3n) is 8.95. The van der Waals surface area contributed by atoms with Crippen LogP contribution < -0.4 is 0 Å². The van der Waals surface area contributed by atoms with Crippen LogP contribution in [0.25, 0.3) is 0 Å². The van der Waals surface area contributed by atoms with E-state index in [1.165, 1.54) is 77.0 Å². The van der Waals surface area contributed by atoms with Gasteiger partial charge in [-0.05, 0) is 64.2 Å². The van der Waals surface area contributed by atoms with Crippen molar-refractivity contribution in [3.63, 3.8) is 0 Å². The number of allylic oxidation sites excluding steroid dienone is 4. The molecule has 0 radical (unpaired) electrons. The van der Waals surface area contributed by atoms with E-state index in [1.807, 2.05) is 21.1 Å². The topological polar surface area (TPSA) is 108 Å². The molecule has 1 unspecified atom stereocenters. The molecule has 0 aliphatic carbocycles. The van der Waals surface area contributed by atoms with Crippen LogP contribution in [0.2, 0.25) is 0 Å². The predicted molar refractivity (Wildman–Crippen MR) is 215 cm³/mol. The van der Waals surface area contributed by atoms with Crippen LogP contribution in [0, 0.1) is 0 Å². The zero-order valence-electron chi connectivity index (χ0n) is 34.3. The first-order chi connectivity index (χ1) is 25.0. The first-order valence-electron chi connectivity index (χ1n) is 21.1. The summed E-state index contributed by atoms with van der Waals surface area (Å²) in [5, 5.41) is 0. The van der Waals surface area contributed by atoms with Crippen LogP contribution in [-0.4, -0.2) is 74.9 Å². The summed E-state index contributed by atoms with van der Waals surface area (Å²) < 4.78 is 34.2. The van der Waals surface area contributed by atoms with Crippen molar-refractivity contribution in [1.29, 1.82) is 0 Å². The Morgan fingerprint density at radius 2 is 0.981 bits per heavy atom. The van der Waals surface area contributed by atoms with Crippen LogP contribution in [0.15, 0.2) is 24.3 Å². The van der Waals surface area contributed by atoms with E-state index >= 15 is 0 Å². The lowest BCUT2D eigenvalue weighted by Crippen LogP contribution is -2.37. The molecule has 0 aromatic heterocycles. The number of phosphoric acid groups is 1. The van der Waals surface area contributed by atoms with Crippen molar-refractivity contribution < 1.29 is 42.1 Å². The smallest absolute Gasteiger partial charge is 0.462 e. The Morgan fingerprint density at radius 3 is 1.42 bits per heavy atom. The minimum Gasteiger partial charge on any atom is -0.462 e. The van der Waals surface area contributed by atoms with Crippen LogP contribution in [0.1, 0.15) is 181 Å². The van der Waals surface area contributed by atoms with E-state index in [4.69, 9.17) is 18.5 Å². The summed E-state index contributed by atoms with van der Waals surface area (Å²) in [7, 11) is 1.47. The number of unbranched alkanes of at least 4 members (excludes halogenated alkanes) is 20. The summed E-state index contributed by atoms with van der Waals surface area (Å²) in [5.41, 5.74) is 0. The molecule has 0 spiro atoms. The summed E-state index contributed by atoms with van der Waals surface area (Å²) in [5.74, 6) is -0.817. The Morgan fingerprint density at radius 1 is 0.577 bits per heavy atom. The SMILES string of the molecule is CCCCCCC/C=C\CCCCCCCC(=O)OC[C@H](COP(=O)(O)OCC[N+](C)(C)C)OC(=O)CCCCCCC/C=C\CCCCCCC. The lowest BCUT2D eigenvalue weighted by molar-refractivity contribution is -0.870. The van der Waals surface area contributed by atoms with Crippen molar-refractivity contribution in [3.8, 4) is 0 Å². The molecule has 9 nitrogen and oxygen atoms in total. The lowest BCUT2D eigenvalue weighted by Gasteiger charge is -2.24. The molecular weight excluding hydrogens is 677 g/mol. The Hall–Kier alpha value is -1.51. The van der Waals surface area contributed by atoms with Gasteiger partial charge < -0.3 is 18.9 Å². The van der Waals surface area contributed by atoms with E-state index in [0.29, 0.717) is 17.4 Å². The normalized spacial score (nSPS) is 13.9. The highest BCUT2D eigenvalue weighted by atomic mass is 31.2. The van der Waals surface area contributed by atoms with Crippen LogP contribution in [-0.2, 0) is 32.7 Å². The van der Waals surface area contributed by atoms with Gasteiger partial charge in [-0.3, -0.25) is 18.6 Å². The van der Waals surface area contributed by atoms with Gasteiger partial charge in [0.2, 0.25) is 0 Å². The fourth-order valence-electron chi connectivity index (χ4n) is 5.59. The maximum absolute atomic E-state index is 12.6. The Labute approximate surface area is 319 Å². The molecule has 0 saturated carbocycles. The van der Waals surface area contributed by atoms with Gasteiger partial charge in [-0.2, -0.15) is 0 Å². The number of quaternary nitrogens is 1. The molecule has 0 aromatic carbocycles. The zero-order valence-corrected chi connectivity index (χ0v) is 35.2. The number of hydrogen-bond donors (Lipinski definition) is 1. The Bertz CT molecular complexity index is 949. The highest BCUT2D eigenvalue weighted by molar-refractivity contribution is 7.47. The maximum atomic E-state index is 12.6. The monoisotopic (exact) mass is 759 g/mol. The second-order valence-corrected chi connectivity index (χ2v) is 16.8. The standard InChI is InChI=1S/C42H80NO8P/c1-6-8-10-12-14-16-18-20-22-24-26-28-30-32-34-41(44)48-38-40(39-50-52(46,47)49-37-36-43(3,4)5)51-42(45)35-33-31-29-27-25-23-21-19-17-15-13-11-9-7-2/h18-21,40H,6-17,22-39H2,1-5H3/p+1/b20-18-,21-19-/t40-/m1/s1. The van der Waals surface area contributed by atoms with Gasteiger partial charge in [0.15, 0.2) is 6.10 Å².